The molecule has 0 saturated carbocycles. The molecule has 0 bridgehead atoms. The average Bonchev–Trinajstić information content (AvgIpc) is 2.29. The van der Waals surface area contributed by atoms with Crippen LogP contribution in [0.15, 0.2) is 4.99 Å². The molecule has 2 N–H and O–H groups in total. The summed E-state index contributed by atoms with van der Waals surface area (Å²) in [5.41, 5.74) is 0.0579. The Labute approximate surface area is 112 Å². The number of rotatable bonds is 3. The maximum absolute atomic E-state index is 4.24. The van der Waals surface area contributed by atoms with Crippen molar-refractivity contribution in [3.05, 3.63) is 0 Å². The van der Waals surface area contributed by atoms with Crippen molar-refractivity contribution in [1.29, 1.82) is 0 Å². The van der Waals surface area contributed by atoms with E-state index in [0.29, 0.717) is 0 Å². The van der Waals surface area contributed by atoms with Crippen LogP contribution in [0.4, 0.5) is 0 Å². The molecule has 1 saturated heterocycles. The maximum atomic E-state index is 4.24. The smallest absolute Gasteiger partial charge is 0.191 e. The van der Waals surface area contributed by atoms with Gasteiger partial charge >= 0.3 is 0 Å². The molecule has 1 aliphatic rings. The number of guanidine groups is 1. The van der Waals surface area contributed by atoms with Gasteiger partial charge in [0.1, 0.15) is 0 Å². The summed E-state index contributed by atoms with van der Waals surface area (Å²) >= 11 is 0. The van der Waals surface area contributed by atoms with Crippen LogP contribution in [0, 0.1) is 5.92 Å². The number of aliphatic imine (C=N–C) groups is 1. The molecule has 0 aliphatic carbocycles. The van der Waals surface area contributed by atoms with Gasteiger partial charge in [-0.05, 0) is 52.6 Å². The molecule has 0 aromatic rings. The van der Waals surface area contributed by atoms with Gasteiger partial charge in [0.2, 0.25) is 0 Å². The summed E-state index contributed by atoms with van der Waals surface area (Å²) in [6, 6.07) is 0. The lowest BCUT2D eigenvalue weighted by Crippen LogP contribution is -2.49. The van der Waals surface area contributed by atoms with Crippen LogP contribution in [0.2, 0.25) is 0 Å². The Kier molecular flexibility index (Phi) is 5.93. The van der Waals surface area contributed by atoms with Crippen LogP contribution in [0.5, 0.6) is 0 Å². The topological polar surface area (TPSA) is 39.7 Å². The normalized spacial score (nSPS) is 19.9. The molecule has 0 aromatic carbocycles. The minimum Gasteiger partial charge on any atom is -0.355 e. The summed E-state index contributed by atoms with van der Waals surface area (Å²) in [5, 5.41) is 6.75. The van der Waals surface area contributed by atoms with E-state index in [9.17, 15) is 0 Å². The van der Waals surface area contributed by atoms with Crippen molar-refractivity contribution in [2.75, 3.05) is 33.2 Å². The lowest BCUT2D eigenvalue weighted by molar-refractivity contribution is 0.195. The monoisotopic (exact) mass is 254 g/mol. The molecule has 0 radical (unpaired) electrons. The molecule has 0 atom stereocenters. The van der Waals surface area contributed by atoms with Gasteiger partial charge in [-0.3, -0.25) is 4.99 Å². The molecule has 106 valence electrons. The van der Waals surface area contributed by atoms with E-state index in [2.05, 4.69) is 48.2 Å². The van der Waals surface area contributed by atoms with Gasteiger partial charge < -0.3 is 15.5 Å². The average molecular weight is 254 g/mol. The summed E-state index contributed by atoms with van der Waals surface area (Å²) in [6.45, 7) is 13.3. The van der Waals surface area contributed by atoms with E-state index in [0.717, 1.165) is 25.0 Å². The Bertz CT molecular complexity index is 259. The molecule has 0 aromatic heterocycles. The van der Waals surface area contributed by atoms with Crippen molar-refractivity contribution in [3.8, 4) is 0 Å². The molecule has 4 nitrogen and oxygen atoms in total. The van der Waals surface area contributed by atoms with Crippen LogP contribution in [-0.2, 0) is 0 Å². The highest BCUT2D eigenvalue weighted by Gasteiger charge is 2.15. The first-order valence-electron chi connectivity index (χ1n) is 7.12. The second-order valence-corrected chi connectivity index (χ2v) is 6.40. The quantitative estimate of drug-likeness (QED) is 0.595. The predicted molar refractivity (Wildman–Crippen MR) is 79.1 cm³/mol. The fourth-order valence-electron chi connectivity index (χ4n) is 2.15. The van der Waals surface area contributed by atoms with Crippen molar-refractivity contribution >= 4 is 5.96 Å². The second-order valence-electron chi connectivity index (χ2n) is 6.40. The highest BCUT2D eigenvalue weighted by atomic mass is 15.2. The first-order valence-corrected chi connectivity index (χ1v) is 7.12. The van der Waals surface area contributed by atoms with Crippen molar-refractivity contribution in [3.63, 3.8) is 0 Å². The van der Waals surface area contributed by atoms with Crippen LogP contribution in [-0.4, -0.2) is 49.6 Å². The summed E-state index contributed by atoms with van der Waals surface area (Å²) in [6.07, 6.45) is 2.68. The van der Waals surface area contributed by atoms with Gasteiger partial charge in [-0.25, -0.2) is 0 Å². The molecule has 1 rings (SSSR count). The van der Waals surface area contributed by atoms with Crippen LogP contribution in [0.3, 0.4) is 0 Å². The molecule has 18 heavy (non-hydrogen) atoms. The SMILES string of the molecule is CN=C(NCCN1CCC(C)CC1)NC(C)(C)C. The van der Waals surface area contributed by atoms with E-state index in [1.165, 1.54) is 25.9 Å². The summed E-state index contributed by atoms with van der Waals surface area (Å²) < 4.78 is 0. The fraction of sp³-hybridized carbons (Fsp3) is 0.929. The van der Waals surface area contributed by atoms with Crippen LogP contribution >= 0.6 is 0 Å². The first-order chi connectivity index (χ1) is 8.40. The standard InChI is InChI=1S/C14H30N4/c1-12-6-9-18(10-7-12)11-8-16-13(15-5)17-14(2,3)4/h12H,6-11H2,1-5H3,(H2,15,16,17). The number of hydrogen-bond donors (Lipinski definition) is 2. The summed E-state index contributed by atoms with van der Waals surface area (Å²) in [7, 11) is 1.82. The third kappa shape index (κ3) is 6.24. The predicted octanol–water partition coefficient (Wildman–Crippen LogP) is 1.68. The third-order valence-electron chi connectivity index (χ3n) is 3.31. The largest absolute Gasteiger partial charge is 0.355 e. The number of nitrogens with zero attached hydrogens (tertiary/aromatic N) is 2. The fourth-order valence-corrected chi connectivity index (χ4v) is 2.15. The Morgan fingerprint density at radius 3 is 2.39 bits per heavy atom. The van der Waals surface area contributed by atoms with Gasteiger partial charge in [0.05, 0.1) is 0 Å². The van der Waals surface area contributed by atoms with E-state index in [1.807, 2.05) is 7.05 Å². The first kappa shape index (κ1) is 15.3. The van der Waals surface area contributed by atoms with Crippen molar-refractivity contribution in [2.45, 2.75) is 46.1 Å². The highest BCUT2D eigenvalue weighted by molar-refractivity contribution is 5.80. The second kappa shape index (κ2) is 6.98. The van der Waals surface area contributed by atoms with Crippen LogP contribution in [0.1, 0.15) is 40.5 Å². The van der Waals surface area contributed by atoms with Gasteiger partial charge in [-0.2, -0.15) is 0 Å². The molecular weight excluding hydrogens is 224 g/mol. The van der Waals surface area contributed by atoms with E-state index in [4.69, 9.17) is 0 Å². The Hall–Kier alpha value is -0.770. The number of likely N-dealkylation sites (tertiary alicyclic amines) is 1. The minimum atomic E-state index is 0.0579. The van der Waals surface area contributed by atoms with Crippen LogP contribution < -0.4 is 10.6 Å². The third-order valence-corrected chi connectivity index (χ3v) is 3.31. The highest BCUT2D eigenvalue weighted by Crippen LogP contribution is 2.14. The molecule has 1 fully saturated rings. The number of piperidine rings is 1. The molecule has 1 heterocycles. The van der Waals surface area contributed by atoms with Crippen molar-refractivity contribution in [1.82, 2.24) is 15.5 Å². The zero-order chi connectivity index (χ0) is 13.6. The zero-order valence-corrected chi connectivity index (χ0v) is 12.7. The van der Waals surface area contributed by atoms with Gasteiger partial charge in [0, 0.05) is 25.7 Å². The summed E-state index contributed by atoms with van der Waals surface area (Å²) in [5.74, 6) is 1.80. The summed E-state index contributed by atoms with van der Waals surface area (Å²) in [4.78, 5) is 6.78. The lowest BCUT2D eigenvalue weighted by Gasteiger charge is -2.30. The minimum absolute atomic E-state index is 0.0579. The van der Waals surface area contributed by atoms with E-state index in [1.54, 1.807) is 0 Å². The van der Waals surface area contributed by atoms with Gasteiger partial charge in [0.25, 0.3) is 0 Å². The molecule has 0 spiro atoms. The Morgan fingerprint density at radius 2 is 1.89 bits per heavy atom. The van der Waals surface area contributed by atoms with Gasteiger partial charge in [-0.1, -0.05) is 6.92 Å². The number of nitrogens with one attached hydrogen (secondary N) is 2. The van der Waals surface area contributed by atoms with Gasteiger partial charge in [0.15, 0.2) is 5.96 Å². The number of hydrogen-bond acceptors (Lipinski definition) is 2. The maximum Gasteiger partial charge on any atom is 0.191 e. The van der Waals surface area contributed by atoms with Gasteiger partial charge in [-0.15, -0.1) is 0 Å². The Morgan fingerprint density at radius 1 is 1.28 bits per heavy atom. The molecule has 0 unspecified atom stereocenters. The van der Waals surface area contributed by atoms with Crippen LogP contribution in [0.25, 0.3) is 0 Å². The van der Waals surface area contributed by atoms with Crippen molar-refractivity contribution < 1.29 is 0 Å². The van der Waals surface area contributed by atoms with E-state index in [-0.39, 0.29) is 5.54 Å². The molecular formula is C14H30N4. The molecule has 4 heteroatoms. The van der Waals surface area contributed by atoms with E-state index >= 15 is 0 Å². The lowest BCUT2D eigenvalue weighted by atomic mass is 9.99. The zero-order valence-electron chi connectivity index (χ0n) is 12.7. The van der Waals surface area contributed by atoms with Crippen molar-refractivity contribution in [2.24, 2.45) is 10.9 Å². The molecule has 0 amide bonds. The van der Waals surface area contributed by atoms with E-state index < -0.39 is 0 Å². The molecule has 1 aliphatic heterocycles. The Balaban J connectivity index is 2.20.